The lowest BCUT2D eigenvalue weighted by atomic mass is 10.0. The first kappa shape index (κ1) is 11.7. The van der Waals surface area contributed by atoms with Gasteiger partial charge in [0.15, 0.2) is 0 Å². The zero-order valence-corrected chi connectivity index (χ0v) is 10.1. The number of benzene rings is 1. The second-order valence-corrected chi connectivity index (χ2v) is 4.41. The van der Waals surface area contributed by atoms with Gasteiger partial charge in [-0.3, -0.25) is 0 Å². The van der Waals surface area contributed by atoms with Crippen molar-refractivity contribution in [1.29, 1.82) is 0 Å². The van der Waals surface area contributed by atoms with Crippen LogP contribution < -0.4 is 4.74 Å². The van der Waals surface area contributed by atoms with Gasteiger partial charge in [-0.1, -0.05) is 12.1 Å². The molecule has 0 spiro atoms. The van der Waals surface area contributed by atoms with E-state index >= 15 is 0 Å². The average molecular weight is 241 g/mol. The summed E-state index contributed by atoms with van der Waals surface area (Å²) in [6.07, 6.45) is 2.22. The molecule has 88 valence electrons. The minimum atomic E-state index is 0.556. The third kappa shape index (κ3) is 3.39. The van der Waals surface area contributed by atoms with E-state index in [0.717, 1.165) is 44.0 Å². The highest BCUT2D eigenvalue weighted by molar-refractivity contribution is 6.17. The number of alkyl halides is 1. The highest BCUT2D eigenvalue weighted by Gasteiger charge is 2.14. The normalized spacial score (nSPS) is 17.3. The molecule has 0 atom stereocenters. The van der Waals surface area contributed by atoms with Crippen LogP contribution in [-0.4, -0.2) is 19.8 Å². The van der Waals surface area contributed by atoms with E-state index < -0.39 is 0 Å². The summed E-state index contributed by atoms with van der Waals surface area (Å²) in [7, 11) is 0. The van der Waals surface area contributed by atoms with Gasteiger partial charge in [-0.25, -0.2) is 0 Å². The second-order valence-electron chi connectivity index (χ2n) is 4.14. The predicted molar refractivity (Wildman–Crippen MR) is 65.0 cm³/mol. The molecular formula is C13H17ClO2. The van der Waals surface area contributed by atoms with Crippen molar-refractivity contribution in [2.45, 2.75) is 18.7 Å². The molecule has 0 saturated carbocycles. The SMILES string of the molecule is ClCc1ccc(OCC2CCOCC2)cc1. The molecule has 1 heterocycles. The number of hydrogen-bond acceptors (Lipinski definition) is 2. The van der Waals surface area contributed by atoms with Crippen molar-refractivity contribution in [3.05, 3.63) is 29.8 Å². The minimum absolute atomic E-state index is 0.556. The van der Waals surface area contributed by atoms with Gasteiger partial charge in [0, 0.05) is 19.1 Å². The molecule has 1 saturated heterocycles. The smallest absolute Gasteiger partial charge is 0.119 e. The Labute approximate surface area is 102 Å². The maximum Gasteiger partial charge on any atom is 0.119 e. The summed E-state index contributed by atoms with van der Waals surface area (Å²) >= 11 is 5.72. The number of hydrogen-bond donors (Lipinski definition) is 0. The highest BCUT2D eigenvalue weighted by Crippen LogP contribution is 2.18. The zero-order valence-electron chi connectivity index (χ0n) is 9.32. The quantitative estimate of drug-likeness (QED) is 0.753. The Morgan fingerprint density at radius 1 is 1.19 bits per heavy atom. The molecule has 0 amide bonds. The third-order valence-corrected chi connectivity index (χ3v) is 3.21. The van der Waals surface area contributed by atoms with E-state index in [0.29, 0.717) is 11.8 Å². The van der Waals surface area contributed by atoms with Crippen LogP contribution in [-0.2, 0) is 10.6 Å². The molecule has 2 rings (SSSR count). The monoisotopic (exact) mass is 240 g/mol. The molecular weight excluding hydrogens is 224 g/mol. The van der Waals surface area contributed by atoms with E-state index in [-0.39, 0.29) is 0 Å². The molecule has 1 aromatic carbocycles. The summed E-state index contributed by atoms with van der Waals surface area (Å²) in [5.41, 5.74) is 1.13. The Balaban J connectivity index is 1.79. The van der Waals surface area contributed by atoms with Crippen LogP contribution in [0.25, 0.3) is 0 Å². The van der Waals surface area contributed by atoms with Gasteiger partial charge in [0.25, 0.3) is 0 Å². The van der Waals surface area contributed by atoms with Crippen molar-refractivity contribution in [2.24, 2.45) is 5.92 Å². The summed E-state index contributed by atoms with van der Waals surface area (Å²) in [6.45, 7) is 2.54. The Morgan fingerprint density at radius 3 is 2.50 bits per heavy atom. The van der Waals surface area contributed by atoms with Gasteiger partial charge in [0.2, 0.25) is 0 Å². The van der Waals surface area contributed by atoms with Crippen molar-refractivity contribution in [1.82, 2.24) is 0 Å². The molecule has 1 fully saturated rings. The van der Waals surface area contributed by atoms with Crippen LogP contribution in [0.15, 0.2) is 24.3 Å². The van der Waals surface area contributed by atoms with Crippen LogP contribution in [0.1, 0.15) is 18.4 Å². The molecule has 0 aliphatic carbocycles. The average Bonchev–Trinajstić information content (AvgIpc) is 2.38. The fourth-order valence-electron chi connectivity index (χ4n) is 1.80. The number of ether oxygens (including phenoxy) is 2. The van der Waals surface area contributed by atoms with E-state index in [1.807, 2.05) is 24.3 Å². The molecule has 0 radical (unpaired) electrons. The van der Waals surface area contributed by atoms with Crippen molar-refractivity contribution >= 4 is 11.6 Å². The van der Waals surface area contributed by atoms with E-state index in [1.54, 1.807) is 0 Å². The lowest BCUT2D eigenvalue weighted by Crippen LogP contribution is -2.21. The Bertz CT molecular complexity index is 304. The minimum Gasteiger partial charge on any atom is -0.493 e. The van der Waals surface area contributed by atoms with E-state index in [1.165, 1.54) is 0 Å². The van der Waals surface area contributed by atoms with Gasteiger partial charge in [-0.15, -0.1) is 11.6 Å². The fraction of sp³-hybridized carbons (Fsp3) is 0.538. The molecule has 1 aromatic rings. The summed E-state index contributed by atoms with van der Waals surface area (Å²) in [4.78, 5) is 0. The zero-order chi connectivity index (χ0) is 11.2. The van der Waals surface area contributed by atoms with Crippen LogP contribution >= 0.6 is 11.6 Å². The molecule has 0 N–H and O–H groups in total. The van der Waals surface area contributed by atoms with Gasteiger partial charge in [0.05, 0.1) is 6.61 Å². The van der Waals surface area contributed by atoms with E-state index in [2.05, 4.69) is 0 Å². The van der Waals surface area contributed by atoms with Gasteiger partial charge in [-0.05, 0) is 36.5 Å². The molecule has 2 nitrogen and oxygen atoms in total. The first-order valence-corrected chi connectivity index (χ1v) is 6.27. The van der Waals surface area contributed by atoms with Gasteiger partial charge < -0.3 is 9.47 Å². The summed E-state index contributed by atoms with van der Waals surface area (Å²) in [6, 6.07) is 7.98. The summed E-state index contributed by atoms with van der Waals surface area (Å²) < 4.78 is 11.1. The van der Waals surface area contributed by atoms with Crippen LogP contribution in [0.5, 0.6) is 5.75 Å². The summed E-state index contributed by atoms with van der Waals surface area (Å²) in [5.74, 6) is 2.13. The third-order valence-electron chi connectivity index (χ3n) is 2.90. The van der Waals surface area contributed by atoms with Crippen LogP contribution in [0.2, 0.25) is 0 Å². The van der Waals surface area contributed by atoms with E-state index in [4.69, 9.17) is 21.1 Å². The molecule has 1 aliphatic rings. The topological polar surface area (TPSA) is 18.5 Å². The Hall–Kier alpha value is -0.730. The Kier molecular flexibility index (Phi) is 4.49. The van der Waals surface area contributed by atoms with Gasteiger partial charge in [0.1, 0.15) is 5.75 Å². The Morgan fingerprint density at radius 2 is 1.88 bits per heavy atom. The second kappa shape index (κ2) is 6.12. The first-order chi connectivity index (χ1) is 7.88. The molecule has 0 aromatic heterocycles. The van der Waals surface area contributed by atoms with Crippen molar-refractivity contribution in [2.75, 3.05) is 19.8 Å². The van der Waals surface area contributed by atoms with Crippen LogP contribution in [0.4, 0.5) is 0 Å². The number of rotatable bonds is 4. The molecule has 1 aliphatic heterocycles. The molecule has 16 heavy (non-hydrogen) atoms. The summed E-state index contributed by atoms with van der Waals surface area (Å²) in [5, 5.41) is 0. The standard InChI is InChI=1S/C13H17ClO2/c14-9-11-1-3-13(4-2-11)16-10-12-5-7-15-8-6-12/h1-4,12H,5-10H2. The van der Waals surface area contributed by atoms with Gasteiger partial charge >= 0.3 is 0 Å². The van der Waals surface area contributed by atoms with Crippen molar-refractivity contribution in [3.63, 3.8) is 0 Å². The lowest BCUT2D eigenvalue weighted by molar-refractivity contribution is 0.0497. The predicted octanol–water partition coefficient (Wildman–Crippen LogP) is 3.23. The van der Waals surface area contributed by atoms with Crippen LogP contribution in [0, 0.1) is 5.92 Å². The molecule has 0 bridgehead atoms. The number of halogens is 1. The maximum atomic E-state index is 5.75. The molecule has 3 heteroatoms. The van der Waals surface area contributed by atoms with Crippen molar-refractivity contribution < 1.29 is 9.47 Å². The maximum absolute atomic E-state index is 5.75. The lowest BCUT2D eigenvalue weighted by Gasteiger charge is -2.22. The first-order valence-electron chi connectivity index (χ1n) is 5.74. The van der Waals surface area contributed by atoms with E-state index in [9.17, 15) is 0 Å². The largest absolute Gasteiger partial charge is 0.493 e. The van der Waals surface area contributed by atoms with Gasteiger partial charge in [-0.2, -0.15) is 0 Å². The van der Waals surface area contributed by atoms with Crippen LogP contribution in [0.3, 0.4) is 0 Å². The fourth-order valence-corrected chi connectivity index (χ4v) is 1.98. The van der Waals surface area contributed by atoms with Crippen molar-refractivity contribution in [3.8, 4) is 5.75 Å². The highest BCUT2D eigenvalue weighted by atomic mass is 35.5. The molecule has 0 unspecified atom stereocenters.